The lowest BCUT2D eigenvalue weighted by atomic mass is 10.3. The third kappa shape index (κ3) is 2.93. The maximum atomic E-state index is 11.6. The van der Waals surface area contributed by atoms with Crippen LogP contribution in [0.5, 0.6) is 0 Å². The minimum atomic E-state index is 0.0679. The van der Waals surface area contributed by atoms with E-state index in [4.69, 9.17) is 4.74 Å². The second-order valence-corrected chi connectivity index (χ2v) is 4.21. The predicted molar refractivity (Wildman–Crippen MR) is 57.9 cm³/mol. The number of rotatable bonds is 6. The molecule has 3 nitrogen and oxygen atoms in total. The first-order valence-electron chi connectivity index (χ1n) is 5.49. The van der Waals surface area contributed by atoms with Crippen molar-refractivity contribution in [2.45, 2.75) is 19.3 Å². The van der Waals surface area contributed by atoms with Crippen molar-refractivity contribution in [2.75, 3.05) is 13.2 Å². The Bertz CT molecular complexity index is 339. The molecule has 1 heterocycles. The molecule has 1 aromatic rings. The number of ether oxygens (including phenoxy) is 1. The Morgan fingerprint density at radius 2 is 2.40 bits per heavy atom. The van der Waals surface area contributed by atoms with Gasteiger partial charge in [-0.25, -0.2) is 0 Å². The fourth-order valence-electron chi connectivity index (χ4n) is 1.65. The number of carbonyl (C=O) groups is 1. The van der Waals surface area contributed by atoms with E-state index >= 15 is 0 Å². The zero-order chi connectivity index (χ0) is 10.7. The number of Topliss-reactive ketones (excluding diaryl/α,β-unsaturated/α-hetero) is 1. The number of hydrogen-bond donors (Lipinski definition) is 0. The van der Waals surface area contributed by atoms with Gasteiger partial charge < -0.3 is 9.30 Å². The lowest BCUT2D eigenvalue weighted by molar-refractivity contribution is 0.0740. The molecule has 1 aliphatic carbocycles. The molecule has 1 saturated carbocycles. The third-order valence-electron chi connectivity index (χ3n) is 2.83. The van der Waals surface area contributed by atoms with Crippen LogP contribution in [0.25, 0.3) is 0 Å². The zero-order valence-corrected chi connectivity index (χ0v) is 9.11. The van der Waals surface area contributed by atoms with Crippen LogP contribution in [-0.2, 0) is 11.8 Å². The first-order chi connectivity index (χ1) is 7.27. The molecular formula is C12H17NO2. The molecular weight excluding hydrogens is 190 g/mol. The monoisotopic (exact) mass is 207 g/mol. The van der Waals surface area contributed by atoms with Gasteiger partial charge in [-0.1, -0.05) is 12.8 Å². The van der Waals surface area contributed by atoms with Crippen LogP contribution in [0.1, 0.15) is 29.8 Å². The summed E-state index contributed by atoms with van der Waals surface area (Å²) in [6, 6.07) is 3.70. The zero-order valence-electron chi connectivity index (χ0n) is 9.11. The molecule has 0 aromatic carbocycles. The molecule has 0 saturated heterocycles. The van der Waals surface area contributed by atoms with Gasteiger partial charge in [0, 0.05) is 19.9 Å². The van der Waals surface area contributed by atoms with Crippen molar-refractivity contribution in [3.05, 3.63) is 24.0 Å². The van der Waals surface area contributed by atoms with E-state index in [2.05, 4.69) is 0 Å². The lowest BCUT2D eigenvalue weighted by Crippen LogP contribution is -2.13. The Hall–Kier alpha value is -1.09. The summed E-state index contributed by atoms with van der Waals surface area (Å²) in [7, 11) is 1.87. The summed E-state index contributed by atoms with van der Waals surface area (Å²) in [6.07, 6.45) is 5.67. The number of hydrogen-bond acceptors (Lipinski definition) is 2. The Morgan fingerprint density at radius 1 is 1.60 bits per heavy atom. The molecule has 1 aliphatic rings. The Morgan fingerprint density at radius 3 is 3.00 bits per heavy atom. The molecule has 1 fully saturated rings. The van der Waals surface area contributed by atoms with Gasteiger partial charge in [-0.2, -0.15) is 0 Å². The van der Waals surface area contributed by atoms with Crippen LogP contribution in [0, 0.1) is 5.92 Å². The van der Waals surface area contributed by atoms with Gasteiger partial charge in [-0.05, 0) is 24.5 Å². The minimum Gasteiger partial charge on any atom is -0.373 e. The SMILES string of the molecule is Cn1cccc1C(=O)COCCC1CC1. The van der Waals surface area contributed by atoms with Gasteiger partial charge in [0.1, 0.15) is 6.61 Å². The first kappa shape index (κ1) is 10.4. The highest BCUT2D eigenvalue weighted by molar-refractivity contribution is 5.95. The fourth-order valence-corrected chi connectivity index (χ4v) is 1.65. The number of nitrogens with zero attached hydrogens (tertiary/aromatic N) is 1. The van der Waals surface area contributed by atoms with Crippen LogP contribution >= 0.6 is 0 Å². The van der Waals surface area contributed by atoms with Crippen molar-refractivity contribution in [1.29, 1.82) is 0 Å². The van der Waals surface area contributed by atoms with Crippen molar-refractivity contribution in [1.82, 2.24) is 4.57 Å². The van der Waals surface area contributed by atoms with Crippen LogP contribution in [0.2, 0.25) is 0 Å². The van der Waals surface area contributed by atoms with E-state index in [0.29, 0.717) is 0 Å². The molecule has 0 radical (unpaired) electrons. The van der Waals surface area contributed by atoms with Crippen molar-refractivity contribution < 1.29 is 9.53 Å². The van der Waals surface area contributed by atoms with Gasteiger partial charge in [0.25, 0.3) is 0 Å². The molecule has 3 heteroatoms. The molecule has 0 spiro atoms. The van der Waals surface area contributed by atoms with Crippen molar-refractivity contribution in [3.63, 3.8) is 0 Å². The second-order valence-electron chi connectivity index (χ2n) is 4.21. The van der Waals surface area contributed by atoms with Crippen LogP contribution in [0.4, 0.5) is 0 Å². The van der Waals surface area contributed by atoms with Gasteiger partial charge in [0.05, 0.1) is 5.69 Å². The summed E-state index contributed by atoms with van der Waals surface area (Å²) in [5.41, 5.74) is 0.724. The summed E-state index contributed by atoms with van der Waals surface area (Å²) >= 11 is 0. The molecule has 0 aliphatic heterocycles. The second kappa shape index (κ2) is 4.62. The number of ketones is 1. The molecule has 1 aromatic heterocycles. The average Bonchev–Trinajstić information content (AvgIpc) is 2.94. The topological polar surface area (TPSA) is 31.2 Å². The van der Waals surface area contributed by atoms with E-state index in [1.807, 2.05) is 29.9 Å². The number of aromatic nitrogens is 1. The highest BCUT2D eigenvalue weighted by Crippen LogP contribution is 2.32. The van der Waals surface area contributed by atoms with Gasteiger partial charge >= 0.3 is 0 Å². The van der Waals surface area contributed by atoms with Crippen molar-refractivity contribution in [3.8, 4) is 0 Å². The summed E-state index contributed by atoms with van der Waals surface area (Å²) in [6.45, 7) is 0.936. The molecule has 15 heavy (non-hydrogen) atoms. The molecule has 2 rings (SSSR count). The quantitative estimate of drug-likeness (QED) is 0.528. The number of aryl methyl sites for hydroxylation is 1. The highest BCUT2D eigenvalue weighted by atomic mass is 16.5. The minimum absolute atomic E-state index is 0.0679. The Labute approximate surface area is 90.0 Å². The Balaban J connectivity index is 1.69. The molecule has 0 atom stereocenters. The molecule has 82 valence electrons. The van der Waals surface area contributed by atoms with Crippen molar-refractivity contribution in [2.24, 2.45) is 13.0 Å². The molecule has 0 N–H and O–H groups in total. The summed E-state index contributed by atoms with van der Waals surface area (Å²) in [5.74, 6) is 0.938. The van der Waals surface area contributed by atoms with E-state index in [-0.39, 0.29) is 12.4 Å². The average molecular weight is 207 g/mol. The smallest absolute Gasteiger partial charge is 0.204 e. The van der Waals surface area contributed by atoms with Crippen molar-refractivity contribution >= 4 is 5.78 Å². The molecule has 0 unspecified atom stereocenters. The van der Waals surface area contributed by atoms with E-state index in [1.165, 1.54) is 12.8 Å². The van der Waals surface area contributed by atoms with Gasteiger partial charge in [0.2, 0.25) is 5.78 Å². The maximum absolute atomic E-state index is 11.6. The maximum Gasteiger partial charge on any atom is 0.204 e. The molecule has 0 amide bonds. The standard InChI is InChI=1S/C12H17NO2/c1-13-7-2-3-11(13)12(14)9-15-8-6-10-4-5-10/h2-3,7,10H,4-6,8-9H2,1H3. The molecule has 0 bridgehead atoms. The van der Waals surface area contributed by atoms with Crippen LogP contribution in [-0.4, -0.2) is 23.6 Å². The predicted octanol–water partition coefficient (Wildman–Crippen LogP) is 2.02. The van der Waals surface area contributed by atoms with Crippen LogP contribution < -0.4 is 0 Å². The summed E-state index contributed by atoms with van der Waals surface area (Å²) < 4.78 is 7.19. The van der Waals surface area contributed by atoms with E-state index < -0.39 is 0 Å². The third-order valence-corrected chi connectivity index (χ3v) is 2.83. The largest absolute Gasteiger partial charge is 0.373 e. The lowest BCUT2D eigenvalue weighted by Gasteiger charge is -2.04. The van der Waals surface area contributed by atoms with Gasteiger partial charge in [-0.3, -0.25) is 4.79 Å². The highest BCUT2D eigenvalue weighted by Gasteiger charge is 2.20. The summed E-state index contributed by atoms with van der Waals surface area (Å²) in [4.78, 5) is 11.6. The van der Waals surface area contributed by atoms with Crippen LogP contribution in [0.15, 0.2) is 18.3 Å². The van der Waals surface area contributed by atoms with E-state index in [9.17, 15) is 4.79 Å². The van der Waals surface area contributed by atoms with Gasteiger partial charge in [0.15, 0.2) is 0 Å². The first-order valence-corrected chi connectivity index (χ1v) is 5.49. The fraction of sp³-hybridized carbons (Fsp3) is 0.583. The van der Waals surface area contributed by atoms with Crippen LogP contribution in [0.3, 0.4) is 0 Å². The van der Waals surface area contributed by atoms with E-state index in [1.54, 1.807) is 0 Å². The van der Waals surface area contributed by atoms with E-state index in [0.717, 1.165) is 24.6 Å². The normalized spacial score (nSPS) is 15.5. The summed E-state index contributed by atoms with van der Waals surface area (Å²) in [5, 5.41) is 0. The number of carbonyl (C=O) groups excluding carboxylic acids is 1. The van der Waals surface area contributed by atoms with Gasteiger partial charge in [-0.15, -0.1) is 0 Å². The Kier molecular flexibility index (Phi) is 3.21.